The van der Waals surface area contributed by atoms with Crippen molar-refractivity contribution in [1.29, 1.82) is 0 Å². The molecule has 0 amide bonds. The largest absolute Gasteiger partial charge is 0.0909 e. The van der Waals surface area contributed by atoms with Crippen LogP contribution in [0.5, 0.6) is 0 Å². The van der Waals surface area contributed by atoms with Crippen LogP contribution in [0, 0.1) is 5.92 Å². The van der Waals surface area contributed by atoms with Gasteiger partial charge < -0.3 is 0 Å². The second kappa shape index (κ2) is 4.27. The number of rotatable bonds is 3. The molecule has 0 aromatic carbocycles. The topological polar surface area (TPSA) is 0 Å². The van der Waals surface area contributed by atoms with Gasteiger partial charge in [-0.1, -0.05) is 44.6 Å². The molecule has 0 bridgehead atoms. The first-order chi connectivity index (χ1) is 5.58. The highest BCUT2D eigenvalue weighted by Crippen LogP contribution is 2.26. The molecule has 0 aromatic heterocycles. The molecule has 0 heterocycles. The number of allylic oxidation sites excluding steroid dienone is 2. The third-order valence-corrected chi connectivity index (χ3v) is 4.00. The fourth-order valence-electron chi connectivity index (χ4n) is 1.76. The summed E-state index contributed by atoms with van der Waals surface area (Å²) in [6, 6.07) is 1.36. The number of hydrogen-bond acceptors (Lipinski definition) is 0. The van der Waals surface area contributed by atoms with Crippen LogP contribution in [0.1, 0.15) is 25.7 Å². The van der Waals surface area contributed by atoms with Crippen molar-refractivity contribution in [2.45, 2.75) is 51.4 Å². The Hall–Kier alpha value is -0.0431. The van der Waals surface area contributed by atoms with Gasteiger partial charge in [-0.25, -0.2) is 0 Å². The van der Waals surface area contributed by atoms with E-state index in [0.29, 0.717) is 0 Å². The van der Waals surface area contributed by atoms with Gasteiger partial charge >= 0.3 is 0 Å². The van der Waals surface area contributed by atoms with Crippen molar-refractivity contribution >= 4 is 8.07 Å². The summed E-state index contributed by atoms with van der Waals surface area (Å²) >= 11 is 0. The maximum atomic E-state index is 2.48. The zero-order valence-electron chi connectivity index (χ0n) is 8.77. The quantitative estimate of drug-likeness (QED) is 0.456. The summed E-state index contributed by atoms with van der Waals surface area (Å²) in [4.78, 5) is 0. The van der Waals surface area contributed by atoms with Crippen LogP contribution in [-0.2, 0) is 0 Å². The molecule has 1 rings (SSSR count). The minimum Gasteiger partial charge on any atom is -0.0909 e. The molecule has 0 N–H and O–H groups in total. The fourth-order valence-corrected chi connectivity index (χ4v) is 2.61. The minimum atomic E-state index is -0.816. The molecule has 0 aliphatic heterocycles. The molecule has 0 aromatic rings. The normalized spacial score (nSPS) is 20.9. The lowest BCUT2D eigenvalue weighted by molar-refractivity contribution is 0.685. The highest BCUT2D eigenvalue weighted by molar-refractivity contribution is 6.76. The van der Waals surface area contributed by atoms with E-state index in [-0.39, 0.29) is 0 Å². The molecule has 0 nitrogen and oxygen atoms in total. The van der Waals surface area contributed by atoms with Gasteiger partial charge in [-0.3, -0.25) is 0 Å². The summed E-state index contributed by atoms with van der Waals surface area (Å²) in [7, 11) is -0.816. The number of hydrogen-bond donors (Lipinski definition) is 0. The molecular weight excluding hydrogens is 160 g/mol. The fraction of sp³-hybridized carbons (Fsp3) is 0.818. The molecule has 1 fully saturated rings. The van der Waals surface area contributed by atoms with Crippen molar-refractivity contribution in [1.82, 2.24) is 0 Å². The van der Waals surface area contributed by atoms with Gasteiger partial charge in [-0.15, -0.1) is 0 Å². The van der Waals surface area contributed by atoms with Crippen LogP contribution in [0.4, 0.5) is 0 Å². The lowest BCUT2D eigenvalue weighted by Crippen LogP contribution is -2.17. The Morgan fingerprint density at radius 3 is 2.25 bits per heavy atom. The highest BCUT2D eigenvalue weighted by Gasteiger charge is 2.13. The van der Waals surface area contributed by atoms with Gasteiger partial charge in [0.1, 0.15) is 0 Å². The van der Waals surface area contributed by atoms with E-state index in [0.717, 1.165) is 5.92 Å². The van der Waals surface area contributed by atoms with Gasteiger partial charge in [0, 0.05) is 8.07 Å². The van der Waals surface area contributed by atoms with Crippen molar-refractivity contribution in [3.63, 3.8) is 0 Å². The lowest BCUT2D eigenvalue weighted by Gasteiger charge is -2.12. The maximum Gasteiger partial charge on any atom is 0.0480 e. The molecule has 1 aliphatic rings. The summed E-state index contributed by atoms with van der Waals surface area (Å²) in [6.45, 7) is 7.31. The van der Waals surface area contributed by atoms with Gasteiger partial charge in [0.25, 0.3) is 0 Å². The van der Waals surface area contributed by atoms with Crippen LogP contribution in [0.15, 0.2) is 12.2 Å². The van der Waals surface area contributed by atoms with Gasteiger partial charge in [0.2, 0.25) is 0 Å². The second-order valence-electron chi connectivity index (χ2n) is 5.24. The summed E-state index contributed by atoms with van der Waals surface area (Å²) in [6.07, 6.45) is 10.7. The molecule has 0 atom stereocenters. The van der Waals surface area contributed by atoms with E-state index in [1.165, 1.54) is 31.7 Å². The second-order valence-corrected chi connectivity index (χ2v) is 10.8. The SMILES string of the molecule is C[Si](C)(C)C/C=C/C1CCCC1. The smallest absolute Gasteiger partial charge is 0.0480 e. The van der Waals surface area contributed by atoms with Crippen LogP contribution >= 0.6 is 0 Å². The first kappa shape index (κ1) is 10.0. The van der Waals surface area contributed by atoms with Crippen molar-refractivity contribution in [3.05, 3.63) is 12.2 Å². The van der Waals surface area contributed by atoms with Gasteiger partial charge in [0.05, 0.1) is 0 Å². The summed E-state index contributed by atoms with van der Waals surface area (Å²) in [5.74, 6) is 0.932. The third kappa shape index (κ3) is 4.10. The molecule has 70 valence electrons. The third-order valence-electron chi connectivity index (χ3n) is 2.54. The summed E-state index contributed by atoms with van der Waals surface area (Å²) in [5, 5.41) is 0. The standard InChI is InChI=1S/C11H22Si/c1-12(2,3)10-6-9-11-7-4-5-8-11/h6,9,11H,4-5,7-8,10H2,1-3H3/b9-6+. The maximum absolute atomic E-state index is 2.48. The Labute approximate surface area is 78.1 Å². The van der Waals surface area contributed by atoms with E-state index in [1.54, 1.807) is 0 Å². The van der Waals surface area contributed by atoms with E-state index in [2.05, 4.69) is 31.8 Å². The molecule has 12 heavy (non-hydrogen) atoms. The Morgan fingerprint density at radius 2 is 1.75 bits per heavy atom. The first-order valence-corrected chi connectivity index (χ1v) is 8.95. The first-order valence-electron chi connectivity index (χ1n) is 5.24. The molecule has 1 aliphatic carbocycles. The predicted octanol–water partition coefficient (Wildman–Crippen LogP) is 4.07. The van der Waals surface area contributed by atoms with Crippen molar-refractivity contribution in [3.8, 4) is 0 Å². The molecule has 1 heteroatoms. The molecule has 0 saturated heterocycles. The monoisotopic (exact) mass is 182 g/mol. The van der Waals surface area contributed by atoms with Crippen LogP contribution in [0.3, 0.4) is 0 Å². The summed E-state index contributed by atoms with van der Waals surface area (Å²) < 4.78 is 0. The van der Waals surface area contributed by atoms with E-state index in [1.807, 2.05) is 0 Å². The summed E-state index contributed by atoms with van der Waals surface area (Å²) in [5.41, 5.74) is 0. The lowest BCUT2D eigenvalue weighted by atomic mass is 10.1. The van der Waals surface area contributed by atoms with Gasteiger partial charge in [0.15, 0.2) is 0 Å². The van der Waals surface area contributed by atoms with Crippen molar-refractivity contribution < 1.29 is 0 Å². The molecular formula is C11H22Si. The Bertz CT molecular complexity index is 147. The average molecular weight is 182 g/mol. The zero-order valence-corrected chi connectivity index (χ0v) is 9.77. The van der Waals surface area contributed by atoms with Crippen LogP contribution in [-0.4, -0.2) is 8.07 Å². The van der Waals surface area contributed by atoms with Gasteiger partial charge in [-0.05, 0) is 24.8 Å². The molecule has 0 spiro atoms. The Balaban J connectivity index is 2.21. The van der Waals surface area contributed by atoms with Crippen molar-refractivity contribution in [2.75, 3.05) is 0 Å². The molecule has 0 radical (unpaired) electrons. The van der Waals surface area contributed by atoms with Gasteiger partial charge in [-0.2, -0.15) is 0 Å². The molecule has 1 saturated carbocycles. The average Bonchev–Trinajstić information content (AvgIpc) is 2.36. The van der Waals surface area contributed by atoms with Crippen molar-refractivity contribution in [2.24, 2.45) is 5.92 Å². The highest BCUT2D eigenvalue weighted by atomic mass is 28.3. The van der Waals surface area contributed by atoms with Crippen LogP contribution in [0.2, 0.25) is 25.7 Å². The molecule has 0 unspecified atom stereocenters. The van der Waals surface area contributed by atoms with E-state index in [4.69, 9.17) is 0 Å². The van der Waals surface area contributed by atoms with E-state index in [9.17, 15) is 0 Å². The predicted molar refractivity (Wildman–Crippen MR) is 59.3 cm³/mol. The Kier molecular flexibility index (Phi) is 3.57. The van der Waals surface area contributed by atoms with E-state index >= 15 is 0 Å². The Morgan fingerprint density at radius 1 is 1.17 bits per heavy atom. The van der Waals surface area contributed by atoms with Crippen LogP contribution < -0.4 is 0 Å². The zero-order chi connectivity index (χ0) is 9.03. The van der Waals surface area contributed by atoms with E-state index < -0.39 is 8.07 Å². The van der Waals surface area contributed by atoms with Crippen LogP contribution in [0.25, 0.3) is 0 Å². The minimum absolute atomic E-state index is 0.816.